The number of rotatable bonds is 7. The first-order valence-corrected chi connectivity index (χ1v) is 4.75. The van der Waals surface area contributed by atoms with E-state index in [9.17, 15) is 4.79 Å². The number of carbonyl (C=O) groups is 1. The van der Waals surface area contributed by atoms with Gasteiger partial charge in [0, 0.05) is 11.9 Å². The molecular weight excluding hydrogens is 212 g/mol. The number of aliphatic carboxylic acids is 1. The van der Waals surface area contributed by atoms with E-state index in [-0.39, 0.29) is 6.61 Å². The summed E-state index contributed by atoms with van der Waals surface area (Å²) >= 11 is 3.31. The normalized spacial score (nSPS) is 9.91. The number of ether oxygens (including phenoxy) is 1. The van der Waals surface area contributed by atoms with Gasteiger partial charge >= 0.3 is 5.97 Å². The summed E-state index contributed by atoms with van der Waals surface area (Å²) in [7, 11) is 0. The first kappa shape index (κ1) is 10.9. The molecule has 0 aromatic rings. The highest BCUT2D eigenvalue weighted by Gasteiger charge is 1.94. The second-order valence-electron chi connectivity index (χ2n) is 2.20. The zero-order valence-electron chi connectivity index (χ0n) is 6.38. The highest BCUT2D eigenvalue weighted by atomic mass is 79.9. The van der Waals surface area contributed by atoms with E-state index in [0.29, 0.717) is 6.61 Å². The predicted octanol–water partition coefficient (Wildman–Crippen LogP) is 1.65. The molecule has 0 aliphatic carbocycles. The molecule has 66 valence electrons. The van der Waals surface area contributed by atoms with Crippen LogP contribution in [0.25, 0.3) is 0 Å². The van der Waals surface area contributed by atoms with Crippen molar-refractivity contribution in [2.24, 2.45) is 0 Å². The second-order valence-corrected chi connectivity index (χ2v) is 2.99. The Balaban J connectivity index is 2.85. The average Bonchev–Trinajstić information content (AvgIpc) is 1.96. The Labute approximate surface area is 74.9 Å². The van der Waals surface area contributed by atoms with Crippen LogP contribution in [0.3, 0.4) is 0 Å². The summed E-state index contributed by atoms with van der Waals surface area (Å²) < 4.78 is 4.83. The van der Waals surface area contributed by atoms with Crippen LogP contribution in [0.15, 0.2) is 0 Å². The van der Waals surface area contributed by atoms with Crippen LogP contribution in [-0.2, 0) is 9.53 Å². The molecule has 0 saturated heterocycles. The Morgan fingerprint density at radius 2 is 2.09 bits per heavy atom. The topological polar surface area (TPSA) is 46.5 Å². The summed E-state index contributed by atoms with van der Waals surface area (Å²) in [4.78, 5) is 9.96. The molecule has 0 unspecified atom stereocenters. The van der Waals surface area contributed by atoms with Gasteiger partial charge in [0.1, 0.15) is 6.61 Å². The van der Waals surface area contributed by atoms with Crippen molar-refractivity contribution in [2.45, 2.75) is 19.3 Å². The minimum atomic E-state index is -0.898. The van der Waals surface area contributed by atoms with Crippen LogP contribution < -0.4 is 0 Å². The fraction of sp³-hybridized carbons (Fsp3) is 0.857. The molecule has 0 aromatic carbocycles. The quantitative estimate of drug-likeness (QED) is 0.529. The summed E-state index contributed by atoms with van der Waals surface area (Å²) in [5, 5.41) is 9.19. The zero-order chi connectivity index (χ0) is 8.53. The van der Waals surface area contributed by atoms with E-state index in [4.69, 9.17) is 9.84 Å². The number of unbranched alkanes of at least 4 members (excludes halogenated alkanes) is 2. The summed E-state index contributed by atoms with van der Waals surface area (Å²) in [6.07, 6.45) is 3.15. The van der Waals surface area contributed by atoms with Crippen LogP contribution >= 0.6 is 15.9 Å². The van der Waals surface area contributed by atoms with Crippen molar-refractivity contribution in [3.8, 4) is 0 Å². The molecule has 3 nitrogen and oxygen atoms in total. The van der Waals surface area contributed by atoms with Gasteiger partial charge < -0.3 is 9.84 Å². The minimum absolute atomic E-state index is 0.172. The van der Waals surface area contributed by atoms with Gasteiger partial charge in [-0.25, -0.2) is 4.79 Å². The number of carboxylic acids is 1. The fourth-order valence-electron chi connectivity index (χ4n) is 0.635. The van der Waals surface area contributed by atoms with Crippen molar-refractivity contribution in [2.75, 3.05) is 18.5 Å². The van der Waals surface area contributed by atoms with E-state index >= 15 is 0 Å². The maximum atomic E-state index is 9.96. The Bertz CT molecular complexity index is 106. The summed E-state index contributed by atoms with van der Waals surface area (Å²) in [5.74, 6) is -0.898. The molecule has 0 heterocycles. The van der Waals surface area contributed by atoms with E-state index in [1.54, 1.807) is 0 Å². The van der Waals surface area contributed by atoms with Gasteiger partial charge in [-0.05, 0) is 12.8 Å². The Kier molecular flexibility index (Phi) is 7.95. The first-order valence-electron chi connectivity index (χ1n) is 3.63. The lowest BCUT2D eigenvalue weighted by atomic mass is 10.3. The molecule has 0 atom stereocenters. The van der Waals surface area contributed by atoms with E-state index in [0.717, 1.165) is 24.6 Å². The highest BCUT2D eigenvalue weighted by molar-refractivity contribution is 9.09. The standard InChI is InChI=1S/C7H13BrO3/c8-4-2-1-3-5-11-6-7(9)10/h1-6H2,(H,9,10). The first-order chi connectivity index (χ1) is 5.27. The molecular formula is C7H13BrO3. The molecule has 0 aromatic heterocycles. The molecule has 0 aliphatic rings. The zero-order valence-corrected chi connectivity index (χ0v) is 7.97. The van der Waals surface area contributed by atoms with Crippen LogP contribution in [0.2, 0.25) is 0 Å². The lowest BCUT2D eigenvalue weighted by Gasteiger charge is -1.99. The van der Waals surface area contributed by atoms with Crippen molar-refractivity contribution in [1.29, 1.82) is 0 Å². The summed E-state index contributed by atoms with van der Waals surface area (Å²) in [6, 6.07) is 0. The summed E-state index contributed by atoms with van der Waals surface area (Å²) in [5.41, 5.74) is 0. The van der Waals surface area contributed by atoms with Gasteiger partial charge in [0.25, 0.3) is 0 Å². The van der Waals surface area contributed by atoms with Crippen LogP contribution in [-0.4, -0.2) is 29.6 Å². The van der Waals surface area contributed by atoms with Gasteiger partial charge in [-0.2, -0.15) is 0 Å². The number of halogens is 1. The van der Waals surface area contributed by atoms with Gasteiger partial charge in [-0.3, -0.25) is 0 Å². The molecule has 11 heavy (non-hydrogen) atoms. The predicted molar refractivity (Wildman–Crippen MR) is 46.1 cm³/mol. The lowest BCUT2D eigenvalue weighted by Crippen LogP contribution is -2.07. The van der Waals surface area contributed by atoms with Crippen LogP contribution in [0.5, 0.6) is 0 Å². The van der Waals surface area contributed by atoms with E-state index < -0.39 is 5.97 Å². The van der Waals surface area contributed by atoms with Crippen molar-refractivity contribution in [1.82, 2.24) is 0 Å². The van der Waals surface area contributed by atoms with Crippen molar-refractivity contribution >= 4 is 21.9 Å². The van der Waals surface area contributed by atoms with Crippen molar-refractivity contribution in [3.05, 3.63) is 0 Å². The van der Waals surface area contributed by atoms with Gasteiger partial charge in [-0.1, -0.05) is 22.4 Å². The van der Waals surface area contributed by atoms with Gasteiger partial charge in [0.2, 0.25) is 0 Å². The largest absolute Gasteiger partial charge is 0.480 e. The molecule has 0 aliphatic heterocycles. The highest BCUT2D eigenvalue weighted by Crippen LogP contribution is 1.98. The monoisotopic (exact) mass is 224 g/mol. The Morgan fingerprint density at radius 1 is 1.36 bits per heavy atom. The smallest absolute Gasteiger partial charge is 0.329 e. The molecule has 0 radical (unpaired) electrons. The molecule has 4 heteroatoms. The average molecular weight is 225 g/mol. The fourth-order valence-corrected chi connectivity index (χ4v) is 1.03. The summed E-state index contributed by atoms with van der Waals surface area (Å²) in [6.45, 7) is 0.383. The Hall–Kier alpha value is -0.0900. The second kappa shape index (κ2) is 8.01. The van der Waals surface area contributed by atoms with Gasteiger partial charge in [0.15, 0.2) is 0 Å². The van der Waals surface area contributed by atoms with Crippen molar-refractivity contribution < 1.29 is 14.6 Å². The van der Waals surface area contributed by atoms with Crippen LogP contribution in [0.1, 0.15) is 19.3 Å². The molecule has 0 fully saturated rings. The van der Waals surface area contributed by atoms with Crippen LogP contribution in [0, 0.1) is 0 Å². The molecule has 0 rings (SSSR count). The molecule has 0 amide bonds. The number of hydrogen-bond acceptors (Lipinski definition) is 2. The van der Waals surface area contributed by atoms with Gasteiger partial charge in [0.05, 0.1) is 0 Å². The van der Waals surface area contributed by atoms with E-state index in [2.05, 4.69) is 15.9 Å². The maximum absolute atomic E-state index is 9.96. The number of hydrogen-bond donors (Lipinski definition) is 1. The Morgan fingerprint density at radius 3 is 2.64 bits per heavy atom. The third kappa shape index (κ3) is 9.91. The third-order valence-electron chi connectivity index (χ3n) is 1.15. The molecule has 0 saturated carbocycles. The van der Waals surface area contributed by atoms with E-state index in [1.807, 2.05) is 0 Å². The SMILES string of the molecule is O=C(O)COCCCCCBr. The van der Waals surface area contributed by atoms with Crippen molar-refractivity contribution in [3.63, 3.8) is 0 Å². The van der Waals surface area contributed by atoms with Crippen LogP contribution in [0.4, 0.5) is 0 Å². The molecule has 0 bridgehead atoms. The van der Waals surface area contributed by atoms with E-state index in [1.165, 1.54) is 0 Å². The lowest BCUT2D eigenvalue weighted by molar-refractivity contribution is -0.142. The molecule has 1 N–H and O–H groups in total. The van der Waals surface area contributed by atoms with Gasteiger partial charge in [-0.15, -0.1) is 0 Å². The number of alkyl halides is 1. The molecule has 0 spiro atoms. The number of carboxylic acid groups (broad SMARTS) is 1. The minimum Gasteiger partial charge on any atom is -0.480 e. The maximum Gasteiger partial charge on any atom is 0.329 e. The third-order valence-corrected chi connectivity index (χ3v) is 1.71.